The van der Waals surface area contributed by atoms with Crippen molar-refractivity contribution in [1.29, 1.82) is 0 Å². The van der Waals surface area contributed by atoms with Crippen LogP contribution < -0.4 is 10.6 Å². The van der Waals surface area contributed by atoms with E-state index in [-0.39, 0.29) is 11.6 Å². The number of carbonyl (C=O) groups excluding carboxylic acids is 1. The Kier molecular flexibility index (Phi) is 6.59. The fourth-order valence-corrected chi connectivity index (χ4v) is 5.80. The van der Waals surface area contributed by atoms with Gasteiger partial charge in [0, 0.05) is 31.7 Å². The maximum absolute atomic E-state index is 12.3. The lowest BCUT2D eigenvalue weighted by Crippen LogP contribution is -2.51. The van der Waals surface area contributed by atoms with Crippen LogP contribution in [-0.2, 0) is 4.74 Å². The third-order valence-corrected chi connectivity index (χ3v) is 7.43. The first kappa shape index (κ1) is 19.5. The van der Waals surface area contributed by atoms with E-state index in [1.807, 2.05) is 0 Å². The Balaban J connectivity index is 1.13. The van der Waals surface area contributed by atoms with Gasteiger partial charge in [-0.2, -0.15) is 0 Å². The van der Waals surface area contributed by atoms with Crippen molar-refractivity contribution in [2.45, 2.75) is 114 Å². The summed E-state index contributed by atoms with van der Waals surface area (Å²) in [6.07, 6.45) is 17.9. The van der Waals surface area contributed by atoms with Crippen LogP contribution >= 0.6 is 0 Å². The molecule has 1 atom stereocenters. The lowest BCUT2D eigenvalue weighted by Gasteiger charge is -2.36. The van der Waals surface area contributed by atoms with Crippen LogP contribution in [0.5, 0.6) is 0 Å². The van der Waals surface area contributed by atoms with Gasteiger partial charge in [-0.3, -0.25) is 0 Å². The average Bonchev–Trinajstić information content (AvgIpc) is 3.06. The molecule has 4 fully saturated rings. The average molecular weight is 378 g/mol. The minimum Gasteiger partial charge on any atom is -0.370 e. The maximum Gasteiger partial charge on any atom is 0.315 e. The van der Waals surface area contributed by atoms with Crippen LogP contribution in [0.15, 0.2) is 0 Å². The van der Waals surface area contributed by atoms with E-state index in [0.29, 0.717) is 18.2 Å². The number of carbonyl (C=O) groups is 1. The quantitative estimate of drug-likeness (QED) is 0.779. The molecule has 0 bridgehead atoms. The predicted molar refractivity (Wildman–Crippen MR) is 108 cm³/mol. The number of amides is 2. The highest BCUT2D eigenvalue weighted by molar-refractivity contribution is 5.74. The summed E-state index contributed by atoms with van der Waals surface area (Å²) in [5, 5.41) is 6.40. The summed E-state index contributed by atoms with van der Waals surface area (Å²) >= 11 is 0. The third kappa shape index (κ3) is 5.38. The molecule has 2 saturated heterocycles. The summed E-state index contributed by atoms with van der Waals surface area (Å²) in [5.74, 6) is 0. The second kappa shape index (κ2) is 9.13. The molecule has 0 unspecified atom stereocenters. The summed E-state index contributed by atoms with van der Waals surface area (Å²) in [4.78, 5) is 14.8. The fourth-order valence-electron chi connectivity index (χ4n) is 5.80. The van der Waals surface area contributed by atoms with Crippen LogP contribution in [0.25, 0.3) is 0 Å². The Morgan fingerprint density at radius 1 is 0.815 bits per heavy atom. The first-order chi connectivity index (χ1) is 13.2. The zero-order chi connectivity index (χ0) is 18.5. The topological polar surface area (TPSA) is 53.6 Å². The number of rotatable bonds is 4. The predicted octanol–water partition coefficient (Wildman–Crippen LogP) is 3.96. The smallest absolute Gasteiger partial charge is 0.315 e. The summed E-state index contributed by atoms with van der Waals surface area (Å²) < 4.78 is 6.55. The molecular weight excluding hydrogens is 338 g/mol. The molecule has 2 N–H and O–H groups in total. The van der Waals surface area contributed by atoms with Gasteiger partial charge in [0.25, 0.3) is 0 Å². The number of hydrogen-bond donors (Lipinski definition) is 2. The molecule has 27 heavy (non-hydrogen) atoms. The van der Waals surface area contributed by atoms with Crippen molar-refractivity contribution in [3.63, 3.8) is 0 Å². The lowest BCUT2D eigenvalue weighted by atomic mass is 9.83. The van der Waals surface area contributed by atoms with Gasteiger partial charge in [-0.15, -0.1) is 0 Å². The van der Waals surface area contributed by atoms with Gasteiger partial charge >= 0.3 is 6.03 Å². The molecular formula is C22H39N3O2. The highest BCUT2D eigenvalue weighted by Gasteiger charge is 2.41. The minimum atomic E-state index is 0.0544. The van der Waals surface area contributed by atoms with Crippen molar-refractivity contribution in [3.8, 4) is 0 Å². The first-order valence-corrected chi connectivity index (χ1v) is 11.7. The van der Waals surface area contributed by atoms with Crippen LogP contribution in [-0.4, -0.2) is 54.4 Å². The van der Waals surface area contributed by atoms with Crippen molar-refractivity contribution >= 4 is 6.03 Å². The van der Waals surface area contributed by atoms with Crippen molar-refractivity contribution < 1.29 is 9.53 Å². The number of piperidine rings is 1. The molecule has 0 radical (unpaired) electrons. The normalized spacial score (nSPS) is 30.4. The molecule has 4 rings (SSSR count). The third-order valence-electron chi connectivity index (χ3n) is 7.43. The van der Waals surface area contributed by atoms with Gasteiger partial charge in [0.15, 0.2) is 0 Å². The Bertz CT molecular complexity index is 478. The molecule has 2 saturated carbocycles. The summed E-state index contributed by atoms with van der Waals surface area (Å²) in [7, 11) is 0. The van der Waals surface area contributed by atoms with Gasteiger partial charge < -0.3 is 20.3 Å². The molecule has 2 amide bonds. The van der Waals surface area contributed by atoms with E-state index in [9.17, 15) is 4.79 Å². The van der Waals surface area contributed by atoms with Crippen molar-refractivity contribution in [2.75, 3.05) is 19.6 Å². The van der Waals surface area contributed by atoms with E-state index >= 15 is 0 Å². The fraction of sp³-hybridized carbons (Fsp3) is 0.955. The summed E-state index contributed by atoms with van der Waals surface area (Å²) in [6, 6.07) is 0.781. The van der Waals surface area contributed by atoms with Gasteiger partial charge in [-0.25, -0.2) is 4.79 Å². The monoisotopic (exact) mass is 377 g/mol. The molecule has 2 aliphatic heterocycles. The molecule has 2 heterocycles. The highest BCUT2D eigenvalue weighted by Crippen LogP contribution is 2.42. The van der Waals surface area contributed by atoms with Crippen LogP contribution in [0.4, 0.5) is 4.79 Å². The zero-order valence-corrected chi connectivity index (χ0v) is 17.0. The SMILES string of the molecule is O=C(NC1CCCCC1)NC1CCN(C[C@@H]2CCC3(CCCCC3)O2)CC1. The minimum absolute atomic E-state index is 0.0544. The van der Waals surface area contributed by atoms with Crippen LogP contribution in [0.3, 0.4) is 0 Å². The molecule has 154 valence electrons. The van der Waals surface area contributed by atoms with Crippen molar-refractivity contribution in [3.05, 3.63) is 0 Å². The largest absolute Gasteiger partial charge is 0.370 e. The molecule has 5 nitrogen and oxygen atoms in total. The van der Waals surface area contributed by atoms with Gasteiger partial charge in [0.1, 0.15) is 0 Å². The van der Waals surface area contributed by atoms with E-state index in [0.717, 1.165) is 45.3 Å². The van der Waals surface area contributed by atoms with Gasteiger partial charge in [-0.05, 0) is 51.4 Å². The van der Waals surface area contributed by atoms with E-state index in [4.69, 9.17) is 4.74 Å². The number of nitrogens with one attached hydrogen (secondary N) is 2. The molecule has 0 aromatic carbocycles. The van der Waals surface area contributed by atoms with E-state index in [1.54, 1.807) is 0 Å². The molecule has 4 aliphatic rings. The summed E-state index contributed by atoms with van der Waals surface area (Å²) in [5.41, 5.74) is 0.236. The number of hydrogen-bond acceptors (Lipinski definition) is 3. The second-order valence-corrected chi connectivity index (χ2v) is 9.55. The van der Waals surface area contributed by atoms with Crippen LogP contribution in [0, 0.1) is 0 Å². The van der Waals surface area contributed by atoms with Gasteiger partial charge in [-0.1, -0.05) is 38.5 Å². The Morgan fingerprint density at radius 3 is 2.15 bits per heavy atom. The second-order valence-electron chi connectivity index (χ2n) is 9.55. The first-order valence-electron chi connectivity index (χ1n) is 11.7. The van der Waals surface area contributed by atoms with Crippen LogP contribution in [0.1, 0.15) is 89.9 Å². The molecule has 1 spiro atoms. The number of likely N-dealkylation sites (tertiary alicyclic amines) is 1. The zero-order valence-electron chi connectivity index (χ0n) is 17.0. The number of urea groups is 1. The molecule has 0 aromatic heterocycles. The molecule has 0 aromatic rings. The Morgan fingerprint density at radius 2 is 1.44 bits per heavy atom. The van der Waals surface area contributed by atoms with E-state index < -0.39 is 0 Å². The van der Waals surface area contributed by atoms with E-state index in [1.165, 1.54) is 64.2 Å². The number of nitrogens with zero attached hydrogens (tertiary/aromatic N) is 1. The highest BCUT2D eigenvalue weighted by atomic mass is 16.5. The van der Waals surface area contributed by atoms with Crippen molar-refractivity contribution in [1.82, 2.24) is 15.5 Å². The van der Waals surface area contributed by atoms with E-state index in [2.05, 4.69) is 15.5 Å². The maximum atomic E-state index is 12.3. The molecule has 5 heteroatoms. The lowest BCUT2D eigenvalue weighted by molar-refractivity contribution is -0.0731. The molecule has 2 aliphatic carbocycles. The summed E-state index contributed by atoms with van der Waals surface area (Å²) in [6.45, 7) is 3.26. The van der Waals surface area contributed by atoms with Gasteiger partial charge in [0.2, 0.25) is 0 Å². The number of ether oxygens (including phenoxy) is 1. The Labute approximate surface area is 165 Å². The Hall–Kier alpha value is -0.810. The standard InChI is InChI=1S/C22H39N3O2/c26-21(23-18-7-3-1-4-8-18)24-19-10-15-25(16-11-19)17-20-9-14-22(27-20)12-5-2-6-13-22/h18-20H,1-17H2,(H2,23,24,26)/t20-/m0/s1. The van der Waals surface area contributed by atoms with Crippen molar-refractivity contribution in [2.24, 2.45) is 0 Å². The van der Waals surface area contributed by atoms with Gasteiger partial charge in [0.05, 0.1) is 11.7 Å². The van der Waals surface area contributed by atoms with Crippen LogP contribution in [0.2, 0.25) is 0 Å².